The minimum absolute atomic E-state index is 0.630. The highest BCUT2D eigenvalue weighted by molar-refractivity contribution is 6.18. The molecule has 1 aromatic carbocycles. The second-order valence-electron chi connectivity index (χ2n) is 2.85. The summed E-state index contributed by atoms with van der Waals surface area (Å²) in [5, 5.41) is 3.20. The lowest BCUT2D eigenvalue weighted by atomic mass is 10.1. The van der Waals surface area contributed by atoms with Gasteiger partial charge in [-0.3, -0.25) is 0 Å². The maximum atomic E-state index is 5.55. The standard InChI is InChI=1S/C10H15ClN2/c11-6-8-13-10-3-1-9(2-4-10)5-7-12/h1-4,13H,5-8,12H2. The first-order valence-electron chi connectivity index (χ1n) is 4.45. The number of halogens is 1. The highest BCUT2D eigenvalue weighted by Gasteiger charge is 1.92. The summed E-state index contributed by atoms with van der Waals surface area (Å²) in [6.07, 6.45) is 0.940. The average molecular weight is 199 g/mol. The van der Waals surface area contributed by atoms with Crippen molar-refractivity contribution in [2.24, 2.45) is 5.73 Å². The molecular weight excluding hydrogens is 184 g/mol. The van der Waals surface area contributed by atoms with Crippen LogP contribution in [0, 0.1) is 0 Å². The van der Waals surface area contributed by atoms with Crippen molar-refractivity contribution in [3.63, 3.8) is 0 Å². The Bertz CT molecular complexity index is 233. The largest absolute Gasteiger partial charge is 0.384 e. The first-order chi connectivity index (χ1) is 6.36. The normalized spacial score (nSPS) is 10.0. The first kappa shape index (κ1) is 10.4. The topological polar surface area (TPSA) is 38.0 Å². The molecule has 0 saturated carbocycles. The number of hydrogen-bond acceptors (Lipinski definition) is 2. The van der Waals surface area contributed by atoms with Crippen LogP contribution in [0.2, 0.25) is 0 Å². The number of anilines is 1. The lowest BCUT2D eigenvalue weighted by Gasteiger charge is -2.04. The molecule has 0 aromatic heterocycles. The zero-order chi connectivity index (χ0) is 9.52. The van der Waals surface area contributed by atoms with Crippen LogP contribution in [0.25, 0.3) is 0 Å². The molecule has 0 aliphatic rings. The van der Waals surface area contributed by atoms with E-state index in [1.807, 2.05) is 0 Å². The van der Waals surface area contributed by atoms with Crippen LogP contribution >= 0.6 is 11.6 Å². The number of nitrogens with one attached hydrogen (secondary N) is 1. The third kappa shape index (κ3) is 3.66. The molecular formula is C10H15ClN2. The number of nitrogens with two attached hydrogens (primary N) is 1. The Morgan fingerprint density at radius 1 is 1.23 bits per heavy atom. The van der Waals surface area contributed by atoms with Gasteiger partial charge in [-0.05, 0) is 30.7 Å². The van der Waals surface area contributed by atoms with Crippen LogP contribution in [-0.4, -0.2) is 19.0 Å². The van der Waals surface area contributed by atoms with E-state index >= 15 is 0 Å². The summed E-state index contributed by atoms with van der Waals surface area (Å²) < 4.78 is 0. The zero-order valence-electron chi connectivity index (χ0n) is 7.59. The van der Waals surface area contributed by atoms with Crippen molar-refractivity contribution in [2.75, 3.05) is 24.3 Å². The fraction of sp³-hybridized carbons (Fsp3) is 0.400. The maximum Gasteiger partial charge on any atom is 0.0396 e. The molecule has 3 heteroatoms. The van der Waals surface area contributed by atoms with Crippen molar-refractivity contribution >= 4 is 17.3 Å². The molecule has 72 valence electrons. The van der Waals surface area contributed by atoms with E-state index in [0.717, 1.165) is 18.7 Å². The van der Waals surface area contributed by atoms with Crippen LogP contribution < -0.4 is 11.1 Å². The number of rotatable bonds is 5. The second-order valence-corrected chi connectivity index (χ2v) is 3.23. The fourth-order valence-corrected chi connectivity index (χ4v) is 1.24. The Balaban J connectivity index is 2.48. The van der Waals surface area contributed by atoms with Gasteiger partial charge >= 0.3 is 0 Å². The van der Waals surface area contributed by atoms with Crippen LogP contribution in [0.5, 0.6) is 0 Å². The quantitative estimate of drug-likeness (QED) is 0.709. The predicted octanol–water partition coefficient (Wildman–Crippen LogP) is 1.84. The molecule has 0 saturated heterocycles. The lowest BCUT2D eigenvalue weighted by molar-refractivity contribution is 0.969. The van der Waals surface area contributed by atoms with E-state index in [1.54, 1.807) is 0 Å². The minimum Gasteiger partial charge on any atom is -0.384 e. The summed E-state index contributed by atoms with van der Waals surface area (Å²) in [4.78, 5) is 0. The number of hydrogen-bond donors (Lipinski definition) is 2. The van der Waals surface area contributed by atoms with E-state index in [1.165, 1.54) is 5.56 Å². The summed E-state index contributed by atoms with van der Waals surface area (Å²) in [5.74, 6) is 0.630. The monoisotopic (exact) mass is 198 g/mol. The minimum atomic E-state index is 0.630. The fourth-order valence-electron chi connectivity index (χ4n) is 1.15. The number of alkyl halides is 1. The van der Waals surface area contributed by atoms with Gasteiger partial charge in [-0.2, -0.15) is 0 Å². The molecule has 0 radical (unpaired) electrons. The van der Waals surface area contributed by atoms with E-state index < -0.39 is 0 Å². The SMILES string of the molecule is NCCc1ccc(NCCCl)cc1. The van der Waals surface area contributed by atoms with Crippen LogP contribution in [0.4, 0.5) is 5.69 Å². The maximum absolute atomic E-state index is 5.55. The summed E-state index contributed by atoms with van der Waals surface area (Å²) in [6, 6.07) is 8.28. The van der Waals surface area contributed by atoms with Crippen molar-refractivity contribution in [1.29, 1.82) is 0 Å². The molecule has 0 bridgehead atoms. The van der Waals surface area contributed by atoms with E-state index in [4.69, 9.17) is 17.3 Å². The van der Waals surface area contributed by atoms with Crippen LogP contribution in [-0.2, 0) is 6.42 Å². The van der Waals surface area contributed by atoms with Gasteiger partial charge in [-0.15, -0.1) is 11.6 Å². The van der Waals surface area contributed by atoms with E-state index in [-0.39, 0.29) is 0 Å². The first-order valence-corrected chi connectivity index (χ1v) is 4.99. The van der Waals surface area contributed by atoms with Gasteiger partial charge in [0.25, 0.3) is 0 Å². The summed E-state index contributed by atoms with van der Waals surface area (Å²) >= 11 is 5.55. The molecule has 0 amide bonds. The molecule has 3 N–H and O–H groups in total. The van der Waals surface area contributed by atoms with Crippen LogP contribution in [0.3, 0.4) is 0 Å². The number of benzene rings is 1. The van der Waals surface area contributed by atoms with Gasteiger partial charge in [0.05, 0.1) is 0 Å². The van der Waals surface area contributed by atoms with Gasteiger partial charge < -0.3 is 11.1 Å². The third-order valence-electron chi connectivity index (χ3n) is 1.81. The third-order valence-corrected chi connectivity index (χ3v) is 2.00. The smallest absolute Gasteiger partial charge is 0.0396 e. The summed E-state index contributed by atoms with van der Waals surface area (Å²) in [6.45, 7) is 1.51. The van der Waals surface area contributed by atoms with Crippen LogP contribution in [0.1, 0.15) is 5.56 Å². The predicted molar refractivity (Wildman–Crippen MR) is 58.4 cm³/mol. The van der Waals surface area contributed by atoms with E-state index in [2.05, 4.69) is 29.6 Å². The van der Waals surface area contributed by atoms with E-state index in [9.17, 15) is 0 Å². The Labute approximate surface area is 84.1 Å². The van der Waals surface area contributed by atoms with Gasteiger partial charge in [0.2, 0.25) is 0 Å². The van der Waals surface area contributed by atoms with Crippen molar-refractivity contribution < 1.29 is 0 Å². The lowest BCUT2D eigenvalue weighted by Crippen LogP contribution is -2.04. The van der Waals surface area contributed by atoms with Crippen molar-refractivity contribution in [3.8, 4) is 0 Å². The molecule has 13 heavy (non-hydrogen) atoms. The molecule has 1 rings (SSSR count). The Hall–Kier alpha value is -0.730. The molecule has 0 aliphatic carbocycles. The molecule has 0 fully saturated rings. The van der Waals surface area contributed by atoms with E-state index in [0.29, 0.717) is 12.4 Å². The van der Waals surface area contributed by atoms with Gasteiger partial charge in [-0.1, -0.05) is 12.1 Å². The molecule has 0 aliphatic heterocycles. The molecule has 2 nitrogen and oxygen atoms in total. The Morgan fingerprint density at radius 2 is 1.92 bits per heavy atom. The van der Waals surface area contributed by atoms with Gasteiger partial charge in [0, 0.05) is 18.1 Å². The summed E-state index contributed by atoms with van der Waals surface area (Å²) in [5.41, 5.74) is 7.83. The molecule has 0 heterocycles. The van der Waals surface area contributed by atoms with Gasteiger partial charge in [0.1, 0.15) is 0 Å². The second kappa shape index (κ2) is 5.84. The average Bonchev–Trinajstić information content (AvgIpc) is 2.17. The highest BCUT2D eigenvalue weighted by atomic mass is 35.5. The summed E-state index contributed by atoms with van der Waals surface area (Å²) in [7, 11) is 0. The molecule has 1 aromatic rings. The van der Waals surface area contributed by atoms with Gasteiger partial charge in [0.15, 0.2) is 0 Å². The van der Waals surface area contributed by atoms with Crippen molar-refractivity contribution in [3.05, 3.63) is 29.8 Å². The zero-order valence-corrected chi connectivity index (χ0v) is 8.35. The Morgan fingerprint density at radius 3 is 2.46 bits per heavy atom. The van der Waals surface area contributed by atoms with Crippen LogP contribution in [0.15, 0.2) is 24.3 Å². The molecule has 0 atom stereocenters. The van der Waals surface area contributed by atoms with Gasteiger partial charge in [-0.25, -0.2) is 0 Å². The molecule has 0 unspecified atom stereocenters. The molecule has 0 spiro atoms. The van der Waals surface area contributed by atoms with Crippen molar-refractivity contribution in [1.82, 2.24) is 0 Å². The Kier molecular flexibility index (Phi) is 4.65. The van der Waals surface area contributed by atoms with Crippen molar-refractivity contribution in [2.45, 2.75) is 6.42 Å². The highest BCUT2D eigenvalue weighted by Crippen LogP contribution is 2.09.